The molecule has 1 aliphatic rings. The number of carbonyl (C=O) groups excluding carboxylic acids is 2. The Labute approximate surface area is 181 Å². The second-order valence-corrected chi connectivity index (χ2v) is 8.58. The Balaban J connectivity index is 1.54. The van der Waals surface area contributed by atoms with Crippen LogP contribution >= 0.6 is 24.0 Å². The molecule has 0 saturated carbocycles. The molecule has 6 heteroatoms. The minimum Gasteiger partial charge on any atom is -0.326 e. The number of hydrogen-bond acceptors (Lipinski definition) is 4. The summed E-state index contributed by atoms with van der Waals surface area (Å²) in [6.45, 7) is 4.53. The summed E-state index contributed by atoms with van der Waals surface area (Å²) < 4.78 is 0.546. The average Bonchev–Trinajstić information content (AvgIpc) is 2.97. The Morgan fingerprint density at radius 3 is 2.62 bits per heavy atom. The summed E-state index contributed by atoms with van der Waals surface area (Å²) in [5.41, 5.74) is 4.12. The number of hydrogen-bond donors (Lipinski definition) is 1. The summed E-state index contributed by atoms with van der Waals surface area (Å²) >= 11 is 6.69. The largest absolute Gasteiger partial charge is 0.326 e. The highest BCUT2D eigenvalue weighted by Crippen LogP contribution is 2.32. The van der Waals surface area contributed by atoms with Crippen LogP contribution in [0, 0.1) is 6.92 Å². The van der Waals surface area contributed by atoms with Crippen molar-refractivity contribution in [2.24, 2.45) is 0 Å². The van der Waals surface area contributed by atoms with Gasteiger partial charge in [-0.3, -0.25) is 14.5 Å². The van der Waals surface area contributed by atoms with Crippen molar-refractivity contribution in [3.8, 4) is 0 Å². The van der Waals surface area contributed by atoms with E-state index in [1.54, 1.807) is 4.90 Å². The molecular formula is C23H24N2O2S2. The molecule has 2 aromatic rings. The molecule has 1 aliphatic heterocycles. The highest BCUT2D eigenvalue weighted by atomic mass is 32.2. The summed E-state index contributed by atoms with van der Waals surface area (Å²) in [6.07, 6.45) is 3.63. The Hall–Kier alpha value is -2.44. The number of nitrogens with one attached hydrogen (secondary N) is 1. The number of thiocarbonyl (C=S) groups is 1. The van der Waals surface area contributed by atoms with Crippen LogP contribution in [0.3, 0.4) is 0 Å². The Morgan fingerprint density at radius 1 is 1.17 bits per heavy atom. The predicted octanol–water partition coefficient (Wildman–Crippen LogP) is 5.18. The third-order valence-electron chi connectivity index (χ3n) is 4.71. The molecule has 1 N–H and O–H groups in total. The topological polar surface area (TPSA) is 49.4 Å². The molecule has 4 nitrogen and oxygen atoms in total. The van der Waals surface area contributed by atoms with Gasteiger partial charge in [0.15, 0.2) is 0 Å². The SMILES string of the molecule is CCc1ccccc1NC(=O)CCCN1C(=O)/C(=C\c2ccc(C)cc2)SC1=S. The number of rotatable bonds is 7. The number of benzene rings is 2. The van der Waals surface area contributed by atoms with E-state index in [-0.39, 0.29) is 11.8 Å². The summed E-state index contributed by atoms with van der Waals surface area (Å²) in [5.74, 6) is -0.135. The van der Waals surface area contributed by atoms with Crippen molar-refractivity contribution in [3.63, 3.8) is 0 Å². The van der Waals surface area contributed by atoms with Crippen molar-refractivity contribution in [3.05, 3.63) is 70.1 Å². The van der Waals surface area contributed by atoms with Crippen LogP contribution in [0.25, 0.3) is 6.08 Å². The van der Waals surface area contributed by atoms with E-state index in [2.05, 4.69) is 12.2 Å². The van der Waals surface area contributed by atoms with E-state index < -0.39 is 0 Å². The molecule has 1 heterocycles. The van der Waals surface area contributed by atoms with E-state index in [1.807, 2.05) is 61.5 Å². The van der Waals surface area contributed by atoms with Gasteiger partial charge in [-0.1, -0.05) is 78.9 Å². The summed E-state index contributed by atoms with van der Waals surface area (Å²) in [6, 6.07) is 15.8. The van der Waals surface area contributed by atoms with Crippen molar-refractivity contribution in [1.82, 2.24) is 4.90 Å². The number of para-hydroxylation sites is 1. The average molecular weight is 425 g/mol. The van der Waals surface area contributed by atoms with Gasteiger partial charge < -0.3 is 5.32 Å². The van der Waals surface area contributed by atoms with Crippen molar-refractivity contribution < 1.29 is 9.59 Å². The number of carbonyl (C=O) groups is 2. The van der Waals surface area contributed by atoms with Gasteiger partial charge in [0.25, 0.3) is 5.91 Å². The number of aryl methyl sites for hydroxylation is 2. The molecule has 150 valence electrons. The quantitative estimate of drug-likeness (QED) is 0.492. The van der Waals surface area contributed by atoms with Gasteiger partial charge in [0.1, 0.15) is 4.32 Å². The smallest absolute Gasteiger partial charge is 0.266 e. The summed E-state index contributed by atoms with van der Waals surface area (Å²) in [5, 5.41) is 2.96. The van der Waals surface area contributed by atoms with E-state index in [9.17, 15) is 9.59 Å². The van der Waals surface area contributed by atoms with Gasteiger partial charge in [-0.05, 0) is 43.0 Å². The second-order valence-electron chi connectivity index (χ2n) is 6.91. The Bertz CT molecular complexity index is 952. The summed E-state index contributed by atoms with van der Waals surface area (Å²) in [7, 11) is 0. The first kappa shape index (κ1) is 21.3. The molecule has 3 rings (SSSR count). The molecule has 2 amide bonds. The van der Waals surface area contributed by atoms with E-state index in [1.165, 1.54) is 17.3 Å². The molecule has 0 aromatic heterocycles. The van der Waals surface area contributed by atoms with Gasteiger partial charge in [-0.2, -0.15) is 0 Å². The standard InChI is InChI=1S/C23H24N2O2S2/c1-3-18-7-4-5-8-19(18)24-21(26)9-6-14-25-22(27)20(29-23(25)28)15-17-12-10-16(2)11-13-17/h4-5,7-8,10-13,15H,3,6,9,14H2,1-2H3,(H,24,26)/b20-15+. The van der Waals surface area contributed by atoms with Crippen LogP contribution in [0.1, 0.15) is 36.5 Å². The molecule has 29 heavy (non-hydrogen) atoms. The molecule has 0 unspecified atom stereocenters. The first-order chi connectivity index (χ1) is 14.0. The van der Waals surface area contributed by atoms with Gasteiger partial charge in [-0.25, -0.2) is 0 Å². The van der Waals surface area contributed by atoms with E-state index in [0.717, 1.165) is 23.2 Å². The van der Waals surface area contributed by atoms with Gasteiger partial charge in [0, 0.05) is 18.7 Å². The lowest BCUT2D eigenvalue weighted by molar-refractivity contribution is -0.122. The van der Waals surface area contributed by atoms with E-state index in [0.29, 0.717) is 28.6 Å². The molecule has 1 fully saturated rings. The second kappa shape index (κ2) is 9.85. The lowest BCUT2D eigenvalue weighted by atomic mass is 10.1. The lowest BCUT2D eigenvalue weighted by Crippen LogP contribution is -2.29. The minimum absolute atomic E-state index is 0.0495. The van der Waals surface area contributed by atoms with Crippen LogP contribution in [0.5, 0.6) is 0 Å². The van der Waals surface area contributed by atoms with Crippen molar-refractivity contribution in [2.45, 2.75) is 33.1 Å². The fourth-order valence-electron chi connectivity index (χ4n) is 3.07. The zero-order valence-corrected chi connectivity index (χ0v) is 18.2. The third kappa shape index (κ3) is 5.55. The van der Waals surface area contributed by atoms with Crippen LogP contribution in [0.2, 0.25) is 0 Å². The molecule has 0 bridgehead atoms. The molecule has 1 saturated heterocycles. The number of anilines is 1. The minimum atomic E-state index is -0.0858. The lowest BCUT2D eigenvalue weighted by Gasteiger charge is -2.14. The van der Waals surface area contributed by atoms with Crippen LogP contribution in [0.4, 0.5) is 5.69 Å². The maximum atomic E-state index is 12.7. The van der Waals surface area contributed by atoms with E-state index in [4.69, 9.17) is 12.2 Å². The Morgan fingerprint density at radius 2 is 1.90 bits per heavy atom. The zero-order chi connectivity index (χ0) is 20.8. The van der Waals surface area contributed by atoms with Gasteiger partial charge in [-0.15, -0.1) is 0 Å². The maximum Gasteiger partial charge on any atom is 0.266 e. The number of nitrogens with zero attached hydrogens (tertiary/aromatic N) is 1. The predicted molar refractivity (Wildman–Crippen MR) is 125 cm³/mol. The van der Waals surface area contributed by atoms with Crippen molar-refractivity contribution in [2.75, 3.05) is 11.9 Å². The molecule has 0 radical (unpaired) electrons. The molecule has 0 spiro atoms. The first-order valence-electron chi connectivity index (χ1n) is 9.67. The van der Waals surface area contributed by atoms with Crippen LogP contribution in [0.15, 0.2) is 53.4 Å². The molecule has 0 atom stereocenters. The highest BCUT2D eigenvalue weighted by molar-refractivity contribution is 8.26. The third-order valence-corrected chi connectivity index (χ3v) is 6.08. The van der Waals surface area contributed by atoms with Gasteiger partial charge in [0.05, 0.1) is 4.91 Å². The molecule has 0 aliphatic carbocycles. The summed E-state index contributed by atoms with van der Waals surface area (Å²) in [4.78, 5) is 27.2. The number of thioether (sulfide) groups is 1. The maximum absolute atomic E-state index is 12.7. The molecule has 2 aromatic carbocycles. The monoisotopic (exact) mass is 424 g/mol. The highest BCUT2D eigenvalue weighted by Gasteiger charge is 2.31. The van der Waals surface area contributed by atoms with Crippen LogP contribution in [-0.4, -0.2) is 27.6 Å². The fraction of sp³-hybridized carbons (Fsp3) is 0.261. The Kier molecular flexibility index (Phi) is 7.23. The normalized spacial score (nSPS) is 15.2. The fourth-order valence-corrected chi connectivity index (χ4v) is 4.38. The van der Waals surface area contributed by atoms with Gasteiger partial charge in [0.2, 0.25) is 5.91 Å². The zero-order valence-electron chi connectivity index (χ0n) is 16.6. The van der Waals surface area contributed by atoms with Crippen LogP contribution < -0.4 is 5.32 Å². The van der Waals surface area contributed by atoms with Crippen molar-refractivity contribution >= 4 is 51.9 Å². The van der Waals surface area contributed by atoms with E-state index >= 15 is 0 Å². The number of amides is 2. The molecular weight excluding hydrogens is 400 g/mol. The van der Waals surface area contributed by atoms with Crippen LogP contribution in [-0.2, 0) is 16.0 Å². The van der Waals surface area contributed by atoms with Crippen molar-refractivity contribution in [1.29, 1.82) is 0 Å². The first-order valence-corrected chi connectivity index (χ1v) is 10.9. The van der Waals surface area contributed by atoms with Gasteiger partial charge >= 0.3 is 0 Å².